The van der Waals surface area contributed by atoms with Gasteiger partial charge in [0.25, 0.3) is 0 Å². The Kier molecular flexibility index (Phi) is 4.07. The number of carbonyl (C=O) groups excluding carboxylic acids is 1. The molecule has 0 bridgehead atoms. The summed E-state index contributed by atoms with van der Waals surface area (Å²) in [6, 6.07) is 4.98. The molecule has 1 aromatic rings. The Balaban J connectivity index is 2.00. The summed E-state index contributed by atoms with van der Waals surface area (Å²) in [7, 11) is 1.53. The zero-order valence-corrected chi connectivity index (χ0v) is 10.6. The molecule has 4 nitrogen and oxygen atoms in total. The Hall–Kier alpha value is -1.71. The molecule has 1 fully saturated rings. The first-order chi connectivity index (χ1) is 8.70. The van der Waals surface area contributed by atoms with Gasteiger partial charge in [0.05, 0.1) is 13.7 Å². The van der Waals surface area contributed by atoms with Crippen LogP contribution in [0, 0.1) is 5.92 Å². The van der Waals surface area contributed by atoms with Gasteiger partial charge in [-0.25, -0.2) is 4.79 Å². The molecule has 18 heavy (non-hydrogen) atoms. The number of carbonyl (C=O) groups is 1. The molecule has 2 rings (SSSR count). The first kappa shape index (κ1) is 12.7. The van der Waals surface area contributed by atoms with Crippen molar-refractivity contribution in [2.45, 2.75) is 25.7 Å². The van der Waals surface area contributed by atoms with E-state index >= 15 is 0 Å². The van der Waals surface area contributed by atoms with Crippen molar-refractivity contribution < 1.29 is 14.3 Å². The molecule has 2 N–H and O–H groups in total. The fourth-order valence-corrected chi connectivity index (χ4v) is 2.33. The van der Waals surface area contributed by atoms with Gasteiger partial charge in [-0.3, -0.25) is 0 Å². The zero-order chi connectivity index (χ0) is 13.0. The molecule has 0 aliphatic heterocycles. The van der Waals surface area contributed by atoms with Gasteiger partial charge in [0.2, 0.25) is 0 Å². The number of esters is 1. The van der Waals surface area contributed by atoms with Crippen molar-refractivity contribution in [3.05, 3.63) is 23.8 Å². The fraction of sp³-hybridized carbons (Fsp3) is 0.500. The molecule has 0 spiro atoms. The highest BCUT2D eigenvalue weighted by atomic mass is 16.5. The number of hydrogen-bond donors (Lipinski definition) is 1. The summed E-state index contributed by atoms with van der Waals surface area (Å²) < 4.78 is 10.5. The van der Waals surface area contributed by atoms with Crippen molar-refractivity contribution in [2.24, 2.45) is 5.92 Å². The number of hydrogen-bond acceptors (Lipinski definition) is 4. The van der Waals surface area contributed by atoms with Crippen LogP contribution in [0.3, 0.4) is 0 Å². The molecule has 0 unspecified atom stereocenters. The van der Waals surface area contributed by atoms with Crippen LogP contribution >= 0.6 is 0 Å². The molecule has 0 aromatic heterocycles. The van der Waals surface area contributed by atoms with Crippen LogP contribution in [0.15, 0.2) is 18.2 Å². The van der Waals surface area contributed by atoms with Gasteiger partial charge >= 0.3 is 5.97 Å². The molecule has 1 aliphatic rings. The van der Waals surface area contributed by atoms with Crippen molar-refractivity contribution in [2.75, 3.05) is 19.5 Å². The summed E-state index contributed by atoms with van der Waals surface area (Å²) in [5, 5.41) is 0. The minimum absolute atomic E-state index is 0.356. The summed E-state index contributed by atoms with van der Waals surface area (Å²) in [6.45, 7) is 0.497. The number of benzene rings is 1. The zero-order valence-electron chi connectivity index (χ0n) is 10.6. The average molecular weight is 249 g/mol. The van der Waals surface area contributed by atoms with Crippen molar-refractivity contribution >= 4 is 11.7 Å². The Morgan fingerprint density at radius 1 is 1.39 bits per heavy atom. The van der Waals surface area contributed by atoms with E-state index < -0.39 is 0 Å². The van der Waals surface area contributed by atoms with Gasteiger partial charge in [0.15, 0.2) is 0 Å². The summed E-state index contributed by atoms with van der Waals surface area (Å²) in [5.74, 6) is 0.660. The SMILES string of the molecule is COc1ccc(N)cc1C(=O)OCC1CCCC1. The third kappa shape index (κ3) is 2.94. The molecule has 1 aromatic carbocycles. The first-order valence-corrected chi connectivity index (χ1v) is 6.31. The van der Waals surface area contributed by atoms with Crippen LogP contribution in [0.5, 0.6) is 5.75 Å². The number of rotatable bonds is 4. The molecule has 4 heteroatoms. The van der Waals surface area contributed by atoms with Crippen LogP contribution in [0.1, 0.15) is 36.0 Å². The molecule has 0 saturated heterocycles. The van der Waals surface area contributed by atoms with E-state index in [4.69, 9.17) is 15.2 Å². The molecular weight excluding hydrogens is 230 g/mol. The predicted octanol–water partition coefficient (Wildman–Crippen LogP) is 2.62. The third-order valence-electron chi connectivity index (χ3n) is 3.37. The maximum atomic E-state index is 12.0. The second-order valence-corrected chi connectivity index (χ2v) is 4.71. The molecule has 0 heterocycles. The highest BCUT2D eigenvalue weighted by molar-refractivity contribution is 5.93. The fourth-order valence-electron chi connectivity index (χ4n) is 2.33. The highest BCUT2D eigenvalue weighted by Crippen LogP contribution is 2.26. The Labute approximate surface area is 107 Å². The van der Waals surface area contributed by atoms with Gasteiger partial charge in [-0.1, -0.05) is 12.8 Å². The van der Waals surface area contributed by atoms with E-state index in [9.17, 15) is 4.79 Å². The first-order valence-electron chi connectivity index (χ1n) is 6.31. The summed E-state index contributed by atoms with van der Waals surface area (Å²) in [6.07, 6.45) is 4.79. The number of nitrogen functional groups attached to an aromatic ring is 1. The largest absolute Gasteiger partial charge is 0.496 e. The summed E-state index contributed by atoms with van der Waals surface area (Å²) >= 11 is 0. The van der Waals surface area contributed by atoms with Crippen LogP contribution in [0.4, 0.5) is 5.69 Å². The number of nitrogens with two attached hydrogens (primary N) is 1. The third-order valence-corrected chi connectivity index (χ3v) is 3.37. The van der Waals surface area contributed by atoms with Crippen molar-refractivity contribution in [3.63, 3.8) is 0 Å². The lowest BCUT2D eigenvalue weighted by Crippen LogP contribution is -2.13. The molecule has 1 saturated carbocycles. The van der Waals surface area contributed by atoms with E-state index in [2.05, 4.69) is 0 Å². The van der Waals surface area contributed by atoms with Crippen LogP contribution in [0.2, 0.25) is 0 Å². The normalized spacial score (nSPS) is 15.6. The summed E-state index contributed by atoms with van der Waals surface area (Å²) in [5.41, 5.74) is 6.60. The van der Waals surface area contributed by atoms with Crippen molar-refractivity contribution in [1.82, 2.24) is 0 Å². The van der Waals surface area contributed by atoms with E-state index in [0.29, 0.717) is 29.5 Å². The van der Waals surface area contributed by atoms with Crippen LogP contribution in [0.25, 0.3) is 0 Å². The summed E-state index contributed by atoms with van der Waals surface area (Å²) in [4.78, 5) is 12.0. The van der Waals surface area contributed by atoms with Gasteiger partial charge < -0.3 is 15.2 Å². The lowest BCUT2D eigenvalue weighted by Gasteiger charge is -2.12. The molecule has 98 valence electrons. The average Bonchev–Trinajstić information content (AvgIpc) is 2.89. The van der Waals surface area contributed by atoms with Gasteiger partial charge in [-0.15, -0.1) is 0 Å². The standard InChI is InChI=1S/C14H19NO3/c1-17-13-7-6-11(15)8-12(13)14(16)18-9-10-4-2-3-5-10/h6-8,10H,2-5,9,15H2,1H3. The minimum Gasteiger partial charge on any atom is -0.496 e. The second-order valence-electron chi connectivity index (χ2n) is 4.71. The van der Waals surface area contributed by atoms with E-state index in [-0.39, 0.29) is 5.97 Å². The molecular formula is C14H19NO3. The van der Waals surface area contributed by atoms with E-state index in [1.54, 1.807) is 18.2 Å². The van der Waals surface area contributed by atoms with Crippen LogP contribution < -0.4 is 10.5 Å². The molecule has 0 atom stereocenters. The highest BCUT2D eigenvalue weighted by Gasteiger charge is 2.19. The topological polar surface area (TPSA) is 61.5 Å². The molecule has 1 aliphatic carbocycles. The Morgan fingerprint density at radius 2 is 2.11 bits per heavy atom. The van der Waals surface area contributed by atoms with Crippen molar-refractivity contribution in [3.8, 4) is 5.75 Å². The predicted molar refractivity (Wildman–Crippen MR) is 69.6 cm³/mol. The minimum atomic E-state index is -0.356. The molecule has 0 radical (unpaired) electrons. The Morgan fingerprint density at radius 3 is 2.78 bits per heavy atom. The second kappa shape index (κ2) is 5.76. The number of ether oxygens (including phenoxy) is 2. The molecule has 0 amide bonds. The number of anilines is 1. The Bertz CT molecular complexity index is 425. The maximum absolute atomic E-state index is 12.0. The van der Waals surface area contributed by atoms with Gasteiger partial charge in [-0.2, -0.15) is 0 Å². The van der Waals surface area contributed by atoms with E-state index in [1.165, 1.54) is 20.0 Å². The maximum Gasteiger partial charge on any atom is 0.342 e. The van der Waals surface area contributed by atoms with Gasteiger partial charge in [0, 0.05) is 5.69 Å². The van der Waals surface area contributed by atoms with E-state index in [0.717, 1.165) is 12.8 Å². The lowest BCUT2D eigenvalue weighted by atomic mass is 10.1. The number of methoxy groups -OCH3 is 1. The quantitative estimate of drug-likeness (QED) is 0.658. The monoisotopic (exact) mass is 249 g/mol. The van der Waals surface area contributed by atoms with Crippen LogP contribution in [-0.4, -0.2) is 19.7 Å². The van der Waals surface area contributed by atoms with Crippen molar-refractivity contribution in [1.29, 1.82) is 0 Å². The van der Waals surface area contributed by atoms with Gasteiger partial charge in [0.1, 0.15) is 11.3 Å². The van der Waals surface area contributed by atoms with Gasteiger partial charge in [-0.05, 0) is 37.0 Å². The van der Waals surface area contributed by atoms with Crippen LogP contribution in [-0.2, 0) is 4.74 Å². The van der Waals surface area contributed by atoms with E-state index in [1.807, 2.05) is 0 Å². The lowest BCUT2D eigenvalue weighted by molar-refractivity contribution is 0.0439. The smallest absolute Gasteiger partial charge is 0.342 e.